The monoisotopic (exact) mass is 290 g/mol. The Kier molecular flexibility index (Phi) is 5.62. The molecule has 21 heavy (non-hydrogen) atoms. The molecule has 0 aliphatic carbocycles. The van der Waals surface area contributed by atoms with Crippen molar-refractivity contribution in [3.63, 3.8) is 0 Å². The van der Waals surface area contributed by atoms with Crippen molar-refractivity contribution in [3.05, 3.63) is 29.8 Å². The van der Waals surface area contributed by atoms with Crippen molar-refractivity contribution in [2.45, 2.75) is 51.6 Å². The first kappa shape index (κ1) is 15.8. The number of ether oxygens (including phenoxy) is 1. The Labute approximate surface area is 127 Å². The van der Waals surface area contributed by atoms with E-state index in [2.05, 4.69) is 6.92 Å². The number of likely N-dealkylation sites (tertiary alicyclic amines) is 1. The molecular formula is C17H26N2O2. The summed E-state index contributed by atoms with van der Waals surface area (Å²) in [6.45, 7) is 5.52. The Bertz CT molecular complexity index is 474. The largest absolute Gasteiger partial charge is 0.494 e. The van der Waals surface area contributed by atoms with E-state index in [4.69, 9.17) is 10.5 Å². The Balaban J connectivity index is 2.14. The van der Waals surface area contributed by atoms with Gasteiger partial charge in [0.25, 0.3) is 5.91 Å². The Morgan fingerprint density at radius 1 is 1.48 bits per heavy atom. The molecule has 4 heteroatoms. The third-order valence-electron chi connectivity index (χ3n) is 3.97. The normalized spacial score (nSPS) is 20.1. The van der Waals surface area contributed by atoms with Crippen LogP contribution in [0.5, 0.6) is 5.75 Å². The van der Waals surface area contributed by atoms with E-state index in [1.807, 2.05) is 36.1 Å². The lowest BCUT2D eigenvalue weighted by Gasteiger charge is -2.38. The topological polar surface area (TPSA) is 55.6 Å². The highest BCUT2D eigenvalue weighted by molar-refractivity contribution is 5.95. The fourth-order valence-electron chi connectivity index (χ4n) is 2.86. The number of nitrogens with zero attached hydrogens (tertiary/aromatic N) is 1. The van der Waals surface area contributed by atoms with E-state index >= 15 is 0 Å². The van der Waals surface area contributed by atoms with Crippen LogP contribution in [0.2, 0.25) is 0 Å². The first-order valence-corrected chi connectivity index (χ1v) is 7.93. The van der Waals surface area contributed by atoms with Crippen LogP contribution < -0.4 is 10.5 Å². The third kappa shape index (κ3) is 3.97. The predicted octanol–water partition coefficient (Wildman–Crippen LogP) is 2.82. The summed E-state index contributed by atoms with van der Waals surface area (Å²) in [5, 5.41) is 0. The lowest BCUT2D eigenvalue weighted by atomic mass is 9.96. The van der Waals surface area contributed by atoms with Crippen LogP contribution in [-0.2, 0) is 0 Å². The molecule has 1 aromatic carbocycles. The molecule has 0 bridgehead atoms. The molecule has 1 aliphatic rings. The standard InChI is InChI=1S/C17H26N2O2/c1-3-11-21-15-8-6-7-14(12-15)17(20)19-10-5-4-9-16(19)13(2)18/h6-8,12-13,16H,3-5,9-11,18H2,1-2H3. The summed E-state index contributed by atoms with van der Waals surface area (Å²) in [7, 11) is 0. The van der Waals surface area contributed by atoms with Gasteiger partial charge >= 0.3 is 0 Å². The maximum absolute atomic E-state index is 12.8. The van der Waals surface area contributed by atoms with Crippen LogP contribution in [0, 0.1) is 0 Å². The Hall–Kier alpha value is -1.55. The average molecular weight is 290 g/mol. The SMILES string of the molecule is CCCOc1cccc(C(=O)N2CCCCC2C(C)N)c1. The van der Waals surface area contributed by atoms with Gasteiger partial charge in [-0.05, 0) is 50.8 Å². The van der Waals surface area contributed by atoms with Gasteiger partial charge in [-0.1, -0.05) is 13.0 Å². The molecule has 1 amide bonds. The Morgan fingerprint density at radius 2 is 2.29 bits per heavy atom. The quantitative estimate of drug-likeness (QED) is 0.907. The highest BCUT2D eigenvalue weighted by Gasteiger charge is 2.29. The number of hydrogen-bond acceptors (Lipinski definition) is 3. The van der Waals surface area contributed by atoms with Crippen LogP contribution in [0.3, 0.4) is 0 Å². The van der Waals surface area contributed by atoms with Gasteiger partial charge in [0.2, 0.25) is 0 Å². The van der Waals surface area contributed by atoms with E-state index in [0.717, 1.165) is 38.0 Å². The zero-order valence-electron chi connectivity index (χ0n) is 13.0. The second-order valence-corrected chi connectivity index (χ2v) is 5.80. The fourth-order valence-corrected chi connectivity index (χ4v) is 2.86. The predicted molar refractivity (Wildman–Crippen MR) is 84.6 cm³/mol. The molecular weight excluding hydrogens is 264 g/mol. The van der Waals surface area contributed by atoms with Crippen LogP contribution in [-0.4, -0.2) is 36.0 Å². The minimum atomic E-state index is 0.00812. The van der Waals surface area contributed by atoms with Gasteiger partial charge in [0.1, 0.15) is 5.75 Å². The third-order valence-corrected chi connectivity index (χ3v) is 3.97. The summed E-state index contributed by atoms with van der Waals surface area (Å²) >= 11 is 0. The van der Waals surface area contributed by atoms with Gasteiger partial charge in [-0.25, -0.2) is 0 Å². The molecule has 1 saturated heterocycles. The minimum Gasteiger partial charge on any atom is -0.494 e. The van der Waals surface area contributed by atoms with E-state index in [9.17, 15) is 4.79 Å². The second-order valence-electron chi connectivity index (χ2n) is 5.80. The molecule has 2 N–H and O–H groups in total. The van der Waals surface area contributed by atoms with E-state index < -0.39 is 0 Å². The van der Waals surface area contributed by atoms with E-state index in [-0.39, 0.29) is 18.0 Å². The average Bonchev–Trinajstić information content (AvgIpc) is 2.52. The van der Waals surface area contributed by atoms with Crippen LogP contribution >= 0.6 is 0 Å². The molecule has 1 aromatic rings. The number of benzene rings is 1. The first-order chi connectivity index (χ1) is 10.1. The van der Waals surface area contributed by atoms with Crippen molar-refractivity contribution in [2.75, 3.05) is 13.2 Å². The number of carbonyl (C=O) groups excluding carboxylic acids is 1. The number of piperidine rings is 1. The van der Waals surface area contributed by atoms with Crippen LogP contribution in [0.4, 0.5) is 0 Å². The molecule has 0 radical (unpaired) electrons. The summed E-state index contributed by atoms with van der Waals surface area (Å²) in [6.07, 6.45) is 4.16. The highest BCUT2D eigenvalue weighted by atomic mass is 16.5. The number of nitrogens with two attached hydrogens (primary N) is 1. The molecule has 0 spiro atoms. The smallest absolute Gasteiger partial charge is 0.254 e. The van der Waals surface area contributed by atoms with Gasteiger partial charge in [0, 0.05) is 24.2 Å². The van der Waals surface area contributed by atoms with Gasteiger partial charge < -0.3 is 15.4 Å². The maximum atomic E-state index is 12.8. The van der Waals surface area contributed by atoms with Crippen molar-refractivity contribution in [3.8, 4) is 5.75 Å². The number of hydrogen-bond donors (Lipinski definition) is 1. The molecule has 0 aromatic heterocycles. The lowest BCUT2D eigenvalue weighted by molar-refractivity contribution is 0.0583. The van der Waals surface area contributed by atoms with E-state index in [1.165, 1.54) is 0 Å². The molecule has 116 valence electrons. The maximum Gasteiger partial charge on any atom is 0.254 e. The number of carbonyl (C=O) groups is 1. The molecule has 1 fully saturated rings. The second kappa shape index (κ2) is 7.46. The van der Waals surface area contributed by atoms with Gasteiger partial charge in [-0.2, -0.15) is 0 Å². The van der Waals surface area contributed by atoms with Crippen molar-refractivity contribution < 1.29 is 9.53 Å². The van der Waals surface area contributed by atoms with E-state index in [0.29, 0.717) is 12.2 Å². The van der Waals surface area contributed by atoms with Gasteiger partial charge in [0.05, 0.1) is 6.61 Å². The zero-order valence-corrected chi connectivity index (χ0v) is 13.0. The van der Waals surface area contributed by atoms with Gasteiger partial charge in [0.15, 0.2) is 0 Å². The number of rotatable bonds is 5. The molecule has 1 heterocycles. The summed E-state index contributed by atoms with van der Waals surface area (Å²) in [5.74, 6) is 0.830. The van der Waals surface area contributed by atoms with Crippen molar-refractivity contribution in [1.29, 1.82) is 0 Å². The van der Waals surface area contributed by atoms with Crippen LogP contribution in [0.15, 0.2) is 24.3 Å². The molecule has 2 unspecified atom stereocenters. The van der Waals surface area contributed by atoms with Gasteiger partial charge in [-0.15, -0.1) is 0 Å². The van der Waals surface area contributed by atoms with Crippen molar-refractivity contribution in [1.82, 2.24) is 4.90 Å². The summed E-state index contributed by atoms with van der Waals surface area (Å²) in [6, 6.07) is 7.62. The number of amides is 1. The molecule has 2 atom stereocenters. The summed E-state index contributed by atoms with van der Waals surface area (Å²) in [5.41, 5.74) is 6.74. The fraction of sp³-hybridized carbons (Fsp3) is 0.588. The zero-order chi connectivity index (χ0) is 15.2. The van der Waals surface area contributed by atoms with Gasteiger partial charge in [-0.3, -0.25) is 4.79 Å². The van der Waals surface area contributed by atoms with Crippen LogP contribution in [0.1, 0.15) is 49.9 Å². The summed E-state index contributed by atoms with van der Waals surface area (Å²) < 4.78 is 5.61. The molecule has 2 rings (SSSR count). The van der Waals surface area contributed by atoms with Crippen molar-refractivity contribution >= 4 is 5.91 Å². The molecule has 1 aliphatic heterocycles. The lowest BCUT2D eigenvalue weighted by Crippen LogP contribution is -2.51. The van der Waals surface area contributed by atoms with E-state index in [1.54, 1.807) is 0 Å². The summed E-state index contributed by atoms with van der Waals surface area (Å²) in [4.78, 5) is 14.7. The molecule has 4 nitrogen and oxygen atoms in total. The van der Waals surface area contributed by atoms with Crippen molar-refractivity contribution in [2.24, 2.45) is 5.73 Å². The highest BCUT2D eigenvalue weighted by Crippen LogP contribution is 2.23. The first-order valence-electron chi connectivity index (χ1n) is 7.93. The van der Waals surface area contributed by atoms with Crippen LogP contribution in [0.25, 0.3) is 0 Å². The Morgan fingerprint density at radius 3 is 3.00 bits per heavy atom. The minimum absolute atomic E-state index is 0.00812. The molecule has 0 saturated carbocycles.